The summed E-state index contributed by atoms with van der Waals surface area (Å²) in [4.78, 5) is 78.6. The lowest BCUT2D eigenvalue weighted by atomic mass is 10.1. The van der Waals surface area contributed by atoms with E-state index < -0.39 is 66.2 Å². The van der Waals surface area contributed by atoms with Gasteiger partial charge in [-0.25, -0.2) is 9.78 Å². The number of aromatic amines is 1. The smallest absolute Gasteiger partial charge is 0.326 e. The fraction of sp³-hybridized carbons (Fsp3) is 0.550. The summed E-state index contributed by atoms with van der Waals surface area (Å²) < 4.78 is 0. The lowest BCUT2D eigenvalue weighted by molar-refractivity contribution is -0.143. The van der Waals surface area contributed by atoms with E-state index in [0.717, 1.165) is 6.42 Å². The number of rotatable bonds is 14. The number of hydrogen-bond acceptors (Lipinski definition) is 8. The van der Waals surface area contributed by atoms with Gasteiger partial charge in [0.25, 0.3) is 0 Å². The molecule has 2 heterocycles. The molecule has 1 aliphatic rings. The molecule has 2 rings (SSSR count). The number of amides is 4. The molecule has 192 valence electrons. The maximum absolute atomic E-state index is 12.9. The number of aromatic nitrogens is 2. The topological polar surface area (TPSA) is 246 Å². The molecule has 0 aliphatic carbocycles. The van der Waals surface area contributed by atoms with Crippen LogP contribution in [0.25, 0.3) is 0 Å². The summed E-state index contributed by atoms with van der Waals surface area (Å²) in [6.45, 7) is 0.625. The van der Waals surface area contributed by atoms with Crippen molar-refractivity contribution in [1.82, 2.24) is 31.2 Å². The van der Waals surface area contributed by atoms with Crippen molar-refractivity contribution in [2.75, 3.05) is 6.54 Å². The number of H-pyrrole nitrogens is 1. The Morgan fingerprint density at radius 1 is 1.06 bits per heavy atom. The quantitative estimate of drug-likeness (QED) is 0.130. The first-order chi connectivity index (χ1) is 16.6. The molecule has 0 spiro atoms. The lowest BCUT2D eigenvalue weighted by Gasteiger charge is -2.24. The Hall–Kier alpha value is -4.01. The summed E-state index contributed by atoms with van der Waals surface area (Å²) >= 11 is 0. The van der Waals surface area contributed by atoms with E-state index in [4.69, 9.17) is 5.73 Å². The highest BCUT2D eigenvalue weighted by molar-refractivity contribution is 5.95. The molecule has 9 N–H and O–H groups in total. The number of hydrogen-bond donors (Lipinski definition) is 8. The van der Waals surface area contributed by atoms with Gasteiger partial charge in [0.05, 0.1) is 18.8 Å². The molecule has 1 saturated heterocycles. The zero-order valence-corrected chi connectivity index (χ0v) is 18.8. The van der Waals surface area contributed by atoms with Crippen LogP contribution in [0.15, 0.2) is 12.5 Å². The largest absolute Gasteiger partial charge is 0.481 e. The molecule has 1 aliphatic heterocycles. The summed E-state index contributed by atoms with van der Waals surface area (Å²) in [5.74, 6) is -6.00. The maximum atomic E-state index is 12.9. The monoisotopic (exact) mass is 495 g/mol. The highest BCUT2D eigenvalue weighted by Crippen LogP contribution is 2.08. The van der Waals surface area contributed by atoms with E-state index in [1.807, 2.05) is 0 Å². The molecular formula is C20H29N7O8. The van der Waals surface area contributed by atoms with Gasteiger partial charge < -0.3 is 42.2 Å². The van der Waals surface area contributed by atoms with Crippen molar-refractivity contribution in [2.24, 2.45) is 5.73 Å². The number of carboxylic acids is 2. The molecule has 1 fully saturated rings. The number of aliphatic carboxylic acids is 2. The first-order valence-corrected chi connectivity index (χ1v) is 10.9. The van der Waals surface area contributed by atoms with E-state index in [1.54, 1.807) is 0 Å². The van der Waals surface area contributed by atoms with Gasteiger partial charge in [-0.2, -0.15) is 0 Å². The van der Waals surface area contributed by atoms with E-state index in [0.29, 0.717) is 18.7 Å². The molecular weight excluding hydrogens is 466 g/mol. The fourth-order valence-electron chi connectivity index (χ4n) is 3.48. The van der Waals surface area contributed by atoms with Crippen molar-refractivity contribution in [1.29, 1.82) is 0 Å². The molecule has 15 nitrogen and oxygen atoms in total. The maximum Gasteiger partial charge on any atom is 0.326 e. The first-order valence-electron chi connectivity index (χ1n) is 10.9. The molecule has 0 saturated carbocycles. The second-order valence-electron chi connectivity index (χ2n) is 8.05. The number of nitrogens with two attached hydrogens (primary N) is 1. The fourth-order valence-corrected chi connectivity index (χ4v) is 3.48. The van der Waals surface area contributed by atoms with Gasteiger partial charge in [-0.15, -0.1) is 0 Å². The Kier molecular flexibility index (Phi) is 10.1. The third-order valence-electron chi connectivity index (χ3n) is 5.29. The number of carboxylic acid groups (broad SMARTS) is 2. The predicted molar refractivity (Wildman–Crippen MR) is 117 cm³/mol. The molecule has 15 heteroatoms. The van der Waals surface area contributed by atoms with Crippen LogP contribution in [0.5, 0.6) is 0 Å². The number of primary amides is 1. The average molecular weight is 495 g/mol. The van der Waals surface area contributed by atoms with Crippen LogP contribution < -0.4 is 27.0 Å². The standard InChI is InChI=1S/C20H29N7O8/c21-15(28)4-3-12(25-17(31)11-2-1-5-23-11)18(32)26-13(7-16(29)30)19(33)27-14(20(34)35)6-10-8-22-9-24-10/h8-9,11-14,23H,1-7H2,(H2,21,28)(H,22,24)(H,25,31)(H,26,32)(H,27,33)(H,29,30)(H,34,35). The third kappa shape index (κ3) is 9.04. The second-order valence-corrected chi connectivity index (χ2v) is 8.05. The van der Waals surface area contributed by atoms with E-state index in [2.05, 4.69) is 31.2 Å². The Labute approximate surface area is 199 Å². The zero-order chi connectivity index (χ0) is 26.0. The Balaban J connectivity index is 2.11. The van der Waals surface area contributed by atoms with Crippen molar-refractivity contribution in [3.05, 3.63) is 18.2 Å². The van der Waals surface area contributed by atoms with Crippen LogP contribution in [0, 0.1) is 0 Å². The highest BCUT2D eigenvalue weighted by atomic mass is 16.4. The molecule has 35 heavy (non-hydrogen) atoms. The minimum Gasteiger partial charge on any atom is -0.481 e. The highest BCUT2D eigenvalue weighted by Gasteiger charge is 2.32. The Bertz CT molecular complexity index is 930. The number of carbonyl (C=O) groups excluding carboxylic acids is 4. The minimum absolute atomic E-state index is 0.166. The van der Waals surface area contributed by atoms with Crippen LogP contribution in [0.3, 0.4) is 0 Å². The molecule has 4 atom stereocenters. The van der Waals surface area contributed by atoms with Crippen molar-refractivity contribution in [3.63, 3.8) is 0 Å². The van der Waals surface area contributed by atoms with Crippen molar-refractivity contribution in [2.45, 2.75) is 62.7 Å². The number of carbonyl (C=O) groups is 6. The van der Waals surface area contributed by atoms with Crippen LogP contribution in [-0.2, 0) is 35.2 Å². The van der Waals surface area contributed by atoms with Gasteiger partial charge in [0.15, 0.2) is 0 Å². The average Bonchev–Trinajstić information content (AvgIpc) is 3.49. The molecule has 4 amide bonds. The Morgan fingerprint density at radius 2 is 1.74 bits per heavy atom. The SMILES string of the molecule is NC(=O)CCC(NC(=O)C1CCCN1)C(=O)NC(CC(=O)O)C(=O)NC(Cc1cnc[nH]1)C(=O)O. The second kappa shape index (κ2) is 13.0. The van der Waals surface area contributed by atoms with Crippen LogP contribution in [0.1, 0.15) is 37.8 Å². The molecule has 0 bridgehead atoms. The van der Waals surface area contributed by atoms with Crippen molar-refractivity contribution < 1.29 is 39.0 Å². The van der Waals surface area contributed by atoms with Gasteiger partial charge in [-0.1, -0.05) is 0 Å². The van der Waals surface area contributed by atoms with Crippen LogP contribution in [-0.4, -0.2) is 86.5 Å². The van der Waals surface area contributed by atoms with Gasteiger partial charge in [0, 0.05) is 24.7 Å². The summed E-state index contributed by atoms with van der Waals surface area (Å²) in [6.07, 6.45) is 2.55. The lowest BCUT2D eigenvalue weighted by Crippen LogP contribution is -2.57. The molecule has 0 aromatic carbocycles. The van der Waals surface area contributed by atoms with Gasteiger partial charge in [0.1, 0.15) is 18.1 Å². The van der Waals surface area contributed by atoms with Crippen LogP contribution in [0.4, 0.5) is 0 Å². The first kappa shape index (κ1) is 27.2. The zero-order valence-electron chi connectivity index (χ0n) is 18.8. The van der Waals surface area contributed by atoms with Gasteiger partial charge in [0.2, 0.25) is 23.6 Å². The summed E-state index contributed by atoms with van der Waals surface area (Å²) in [7, 11) is 0. The summed E-state index contributed by atoms with van der Waals surface area (Å²) in [5.41, 5.74) is 5.56. The normalized spacial score (nSPS) is 17.5. The van der Waals surface area contributed by atoms with E-state index in [-0.39, 0.29) is 19.3 Å². The van der Waals surface area contributed by atoms with E-state index >= 15 is 0 Å². The molecule has 0 radical (unpaired) electrons. The minimum atomic E-state index is -1.65. The van der Waals surface area contributed by atoms with Crippen molar-refractivity contribution >= 4 is 35.6 Å². The Morgan fingerprint density at radius 3 is 2.29 bits per heavy atom. The predicted octanol–water partition coefficient (Wildman–Crippen LogP) is -3.02. The van der Waals surface area contributed by atoms with Crippen LogP contribution in [0.2, 0.25) is 0 Å². The van der Waals surface area contributed by atoms with Gasteiger partial charge >= 0.3 is 11.9 Å². The van der Waals surface area contributed by atoms with E-state index in [9.17, 15) is 39.0 Å². The summed E-state index contributed by atoms with van der Waals surface area (Å²) in [5, 5.41) is 28.5. The van der Waals surface area contributed by atoms with Gasteiger partial charge in [-0.05, 0) is 25.8 Å². The van der Waals surface area contributed by atoms with Gasteiger partial charge in [-0.3, -0.25) is 24.0 Å². The van der Waals surface area contributed by atoms with Crippen molar-refractivity contribution in [3.8, 4) is 0 Å². The number of nitrogens with zero attached hydrogens (tertiary/aromatic N) is 1. The third-order valence-corrected chi connectivity index (χ3v) is 5.29. The van der Waals surface area contributed by atoms with Crippen LogP contribution >= 0.6 is 0 Å². The molecule has 4 unspecified atom stereocenters. The molecule has 1 aromatic rings. The van der Waals surface area contributed by atoms with E-state index in [1.165, 1.54) is 12.5 Å². The number of nitrogens with one attached hydrogen (secondary N) is 5. The molecule has 1 aromatic heterocycles. The summed E-state index contributed by atoms with van der Waals surface area (Å²) in [6, 6.07) is -4.89. The number of imidazole rings is 1.